The van der Waals surface area contributed by atoms with E-state index in [1.165, 1.54) is 49.8 Å². The van der Waals surface area contributed by atoms with Gasteiger partial charge in [0.05, 0.1) is 0 Å². The van der Waals surface area contributed by atoms with E-state index in [1.807, 2.05) is 0 Å². The maximum absolute atomic E-state index is 11.1. The average molecular weight is 374 g/mol. The Morgan fingerprint density at radius 3 is 2.88 bits per heavy atom. The Hall–Kier alpha value is -1.86. The molecule has 3 fully saturated rings. The number of benzene rings is 1. The van der Waals surface area contributed by atoms with Gasteiger partial charge in [0.1, 0.15) is 11.3 Å². The molecule has 0 saturated heterocycles. The van der Waals surface area contributed by atoms with Gasteiger partial charge in [-0.2, -0.15) is 13.6 Å². The highest BCUT2D eigenvalue weighted by atomic mass is 32.2. The van der Waals surface area contributed by atoms with Crippen LogP contribution in [0.5, 0.6) is 5.75 Å². The van der Waals surface area contributed by atoms with Crippen LogP contribution in [0.25, 0.3) is 17.2 Å². The summed E-state index contributed by atoms with van der Waals surface area (Å²) in [5.74, 6) is 4.13. The van der Waals surface area contributed by atoms with Crippen molar-refractivity contribution in [1.29, 1.82) is 0 Å². The number of rotatable bonds is 3. The molecular formula is C19H22N2O4S. The first kappa shape index (κ1) is 16.3. The monoisotopic (exact) mass is 374 g/mol. The Bertz CT molecular complexity index is 994. The smallest absolute Gasteiger partial charge is 0.380 e. The third-order valence-corrected chi connectivity index (χ3v) is 6.79. The predicted molar refractivity (Wildman–Crippen MR) is 97.4 cm³/mol. The number of fused-ring (bicyclic) bond motifs is 3. The highest BCUT2D eigenvalue weighted by Gasteiger charge is 2.43. The topological polar surface area (TPSA) is 95.4 Å². The number of aromatic nitrogens is 1. The first-order valence-electron chi connectivity index (χ1n) is 9.26. The summed E-state index contributed by atoms with van der Waals surface area (Å²) in [4.78, 5) is 4.53. The van der Waals surface area contributed by atoms with Crippen LogP contribution in [-0.2, 0) is 10.3 Å². The molecule has 138 valence electrons. The standard InChI is InChI=1S/C19H22N2O4S/c20-26(22,23)25-16-3-4-17-18(10-16)24-19(21-17)9-13-2-1-12-5-11-6-14(12)8-15(13)7-11/h3-4,9-12,14-15H,1-2,5-8H2,(H2,20,22,23)/b13-9+. The Labute approximate surface area is 152 Å². The first-order valence-corrected chi connectivity index (χ1v) is 10.7. The molecule has 1 heterocycles. The molecule has 1 aromatic heterocycles. The van der Waals surface area contributed by atoms with E-state index < -0.39 is 10.3 Å². The lowest BCUT2D eigenvalue weighted by Crippen LogP contribution is -2.18. The zero-order chi connectivity index (χ0) is 17.9. The Morgan fingerprint density at radius 1 is 1.19 bits per heavy atom. The van der Waals surface area contributed by atoms with Gasteiger partial charge in [-0.1, -0.05) is 5.57 Å². The second-order valence-electron chi connectivity index (χ2n) is 8.04. The van der Waals surface area contributed by atoms with Crippen LogP contribution < -0.4 is 9.32 Å². The lowest BCUT2D eigenvalue weighted by atomic mass is 9.77. The molecule has 26 heavy (non-hydrogen) atoms. The third kappa shape index (κ3) is 3.03. The largest absolute Gasteiger partial charge is 0.437 e. The highest BCUT2D eigenvalue weighted by Crippen LogP contribution is 2.55. The van der Waals surface area contributed by atoms with Crippen molar-refractivity contribution in [3.8, 4) is 5.75 Å². The maximum atomic E-state index is 11.1. The van der Waals surface area contributed by atoms with Gasteiger partial charge in [-0.15, -0.1) is 0 Å². The Kier molecular flexibility index (Phi) is 3.66. The number of oxazole rings is 1. The second-order valence-corrected chi connectivity index (χ2v) is 9.19. The summed E-state index contributed by atoms with van der Waals surface area (Å²) in [7, 11) is -4.05. The van der Waals surface area contributed by atoms with Crippen LogP contribution in [0.3, 0.4) is 0 Å². The van der Waals surface area contributed by atoms with Gasteiger partial charge in [0.15, 0.2) is 5.58 Å². The Morgan fingerprint density at radius 2 is 2.04 bits per heavy atom. The molecule has 0 amide bonds. The number of nitrogens with two attached hydrogens (primary N) is 1. The minimum absolute atomic E-state index is 0.125. The fourth-order valence-corrected chi connectivity index (χ4v) is 5.79. The van der Waals surface area contributed by atoms with Gasteiger partial charge in [-0.25, -0.2) is 4.98 Å². The molecule has 4 unspecified atom stereocenters. The van der Waals surface area contributed by atoms with Gasteiger partial charge in [-0.3, -0.25) is 0 Å². The molecule has 5 rings (SSSR count). The maximum Gasteiger partial charge on any atom is 0.380 e. The van der Waals surface area contributed by atoms with Crippen LogP contribution in [0, 0.1) is 23.7 Å². The van der Waals surface area contributed by atoms with Gasteiger partial charge >= 0.3 is 10.3 Å². The van der Waals surface area contributed by atoms with E-state index in [2.05, 4.69) is 11.1 Å². The highest BCUT2D eigenvalue weighted by molar-refractivity contribution is 7.84. The lowest BCUT2D eigenvalue weighted by Gasteiger charge is -2.28. The molecule has 3 saturated carbocycles. The summed E-state index contributed by atoms with van der Waals surface area (Å²) in [6.07, 6.45) is 10.0. The molecule has 0 spiro atoms. The van der Waals surface area contributed by atoms with E-state index in [4.69, 9.17) is 13.7 Å². The van der Waals surface area contributed by atoms with E-state index in [0.29, 0.717) is 22.9 Å². The van der Waals surface area contributed by atoms with E-state index in [1.54, 1.807) is 6.07 Å². The minimum atomic E-state index is -4.05. The van der Waals surface area contributed by atoms with Gasteiger partial charge in [0, 0.05) is 12.1 Å². The molecule has 0 radical (unpaired) electrons. The van der Waals surface area contributed by atoms with Crippen molar-refractivity contribution in [2.75, 3.05) is 0 Å². The van der Waals surface area contributed by atoms with Crippen LogP contribution in [0.1, 0.15) is 44.4 Å². The summed E-state index contributed by atoms with van der Waals surface area (Å²) < 4.78 is 32.7. The van der Waals surface area contributed by atoms with Gasteiger partial charge in [0.2, 0.25) is 5.89 Å². The molecule has 2 N–H and O–H groups in total. The van der Waals surface area contributed by atoms with Crippen molar-refractivity contribution in [2.45, 2.75) is 38.5 Å². The van der Waals surface area contributed by atoms with E-state index in [0.717, 1.165) is 24.2 Å². The number of nitrogens with zero attached hydrogens (tertiary/aromatic N) is 1. The SMILES string of the molecule is NS(=O)(=O)Oc1ccc2nc(/C=C3\CCC4CC5CC3CC4C5)oc2c1. The van der Waals surface area contributed by atoms with E-state index in [-0.39, 0.29) is 5.75 Å². The van der Waals surface area contributed by atoms with Crippen LogP contribution >= 0.6 is 0 Å². The summed E-state index contributed by atoms with van der Waals surface area (Å²) in [5.41, 5.74) is 2.64. The van der Waals surface area contributed by atoms with Crippen molar-refractivity contribution in [2.24, 2.45) is 28.8 Å². The fourth-order valence-electron chi connectivity index (χ4n) is 5.41. The molecule has 2 aromatic rings. The molecular weight excluding hydrogens is 352 g/mol. The first-order chi connectivity index (χ1) is 12.4. The third-order valence-electron chi connectivity index (χ3n) is 6.37. The number of hydrogen-bond donors (Lipinski definition) is 1. The summed E-state index contributed by atoms with van der Waals surface area (Å²) >= 11 is 0. The zero-order valence-corrected chi connectivity index (χ0v) is 15.2. The second kappa shape index (κ2) is 5.82. The molecule has 1 aromatic carbocycles. The van der Waals surface area contributed by atoms with E-state index >= 15 is 0 Å². The van der Waals surface area contributed by atoms with Crippen molar-refractivity contribution >= 4 is 27.5 Å². The van der Waals surface area contributed by atoms with Crippen molar-refractivity contribution in [3.05, 3.63) is 29.7 Å². The van der Waals surface area contributed by atoms with Crippen molar-refractivity contribution in [3.63, 3.8) is 0 Å². The minimum Gasteiger partial charge on any atom is -0.437 e. The normalized spacial score (nSPS) is 32.3. The lowest BCUT2D eigenvalue weighted by molar-refractivity contribution is 0.284. The summed E-state index contributed by atoms with van der Waals surface area (Å²) in [6.45, 7) is 0. The van der Waals surface area contributed by atoms with Crippen molar-refractivity contribution in [1.82, 2.24) is 4.98 Å². The summed E-state index contributed by atoms with van der Waals surface area (Å²) in [5, 5.41) is 4.91. The van der Waals surface area contributed by atoms with Gasteiger partial charge in [0.25, 0.3) is 0 Å². The number of allylic oxidation sites excluding steroid dienone is 1. The van der Waals surface area contributed by atoms with Crippen LogP contribution in [0.4, 0.5) is 0 Å². The van der Waals surface area contributed by atoms with Crippen LogP contribution in [0.15, 0.2) is 28.2 Å². The molecule has 3 aliphatic carbocycles. The molecule has 6 nitrogen and oxygen atoms in total. The van der Waals surface area contributed by atoms with Crippen molar-refractivity contribution < 1.29 is 17.0 Å². The summed E-state index contributed by atoms with van der Waals surface area (Å²) in [6, 6.07) is 4.71. The molecule has 3 aliphatic rings. The zero-order valence-electron chi connectivity index (χ0n) is 14.4. The van der Waals surface area contributed by atoms with E-state index in [9.17, 15) is 8.42 Å². The molecule has 4 atom stereocenters. The van der Waals surface area contributed by atoms with Crippen LogP contribution in [0.2, 0.25) is 0 Å². The molecule has 7 heteroatoms. The number of hydrogen-bond acceptors (Lipinski definition) is 5. The predicted octanol–water partition coefficient (Wildman–Crippen LogP) is 3.64. The average Bonchev–Trinajstić information content (AvgIpc) is 3.05. The van der Waals surface area contributed by atoms with Crippen LogP contribution in [-0.4, -0.2) is 13.4 Å². The van der Waals surface area contributed by atoms with Gasteiger partial charge < -0.3 is 8.60 Å². The molecule has 3 bridgehead atoms. The molecule has 0 aliphatic heterocycles. The fraction of sp³-hybridized carbons (Fsp3) is 0.526. The Balaban J connectivity index is 1.44. The van der Waals surface area contributed by atoms with Gasteiger partial charge in [-0.05, 0) is 74.3 Å². The quantitative estimate of drug-likeness (QED) is 0.885.